The van der Waals surface area contributed by atoms with Crippen LogP contribution in [0.2, 0.25) is 0 Å². The molecule has 0 radical (unpaired) electrons. The number of benzene rings is 2. The number of hydrogen-bond acceptors (Lipinski definition) is 3. The highest BCUT2D eigenvalue weighted by molar-refractivity contribution is 5.71. The Bertz CT molecular complexity index is 1130. The molecular weight excluding hydrogens is 363 g/mol. The fraction of sp³-hybridized carbons (Fsp3) is 0.250. The Labute approximate surface area is 169 Å². The first kappa shape index (κ1) is 17.9. The highest BCUT2D eigenvalue weighted by Crippen LogP contribution is 2.31. The number of hydrogen-bond donors (Lipinski definition) is 0. The lowest BCUT2D eigenvalue weighted by Gasteiger charge is -2.35. The Hall–Kier alpha value is -3.21. The summed E-state index contributed by atoms with van der Waals surface area (Å²) in [5, 5.41) is 4.85. The molecule has 1 saturated heterocycles. The zero-order chi connectivity index (χ0) is 19.8. The number of halogens is 1. The molecule has 2 aromatic heterocycles. The number of anilines is 1. The largest absolute Gasteiger partial charge is 0.354 e. The maximum absolute atomic E-state index is 13.4. The van der Waals surface area contributed by atoms with Gasteiger partial charge in [0.25, 0.3) is 0 Å². The van der Waals surface area contributed by atoms with Crippen molar-refractivity contribution in [1.29, 1.82) is 0 Å². The maximum atomic E-state index is 13.4. The Morgan fingerprint density at radius 1 is 0.897 bits per heavy atom. The fourth-order valence-electron chi connectivity index (χ4n) is 4.12. The topological polar surface area (TPSA) is 33.4 Å². The predicted octanol–water partition coefficient (Wildman–Crippen LogP) is 5.58. The van der Waals surface area contributed by atoms with E-state index in [-0.39, 0.29) is 5.82 Å². The highest BCUT2D eigenvalue weighted by atomic mass is 19.1. The highest BCUT2D eigenvalue weighted by Gasteiger charge is 2.23. The lowest BCUT2D eigenvalue weighted by atomic mass is 10.0. The average molecular weight is 386 g/mol. The van der Waals surface area contributed by atoms with Gasteiger partial charge in [0.2, 0.25) is 0 Å². The molecule has 5 rings (SSSR count). The SMILES string of the molecule is C[C@@H]1CCCCN1c1cc(-c2ccccc2)nc2cc(-c3ccc(F)cc3)nn12. The van der Waals surface area contributed by atoms with Crippen molar-refractivity contribution in [2.75, 3.05) is 11.4 Å². The van der Waals surface area contributed by atoms with E-state index >= 15 is 0 Å². The van der Waals surface area contributed by atoms with Crippen molar-refractivity contribution >= 4 is 11.5 Å². The third-order valence-electron chi connectivity index (χ3n) is 5.72. The first-order valence-corrected chi connectivity index (χ1v) is 10.2. The van der Waals surface area contributed by atoms with Crippen LogP contribution in [0.4, 0.5) is 10.2 Å². The van der Waals surface area contributed by atoms with E-state index in [1.54, 1.807) is 12.1 Å². The van der Waals surface area contributed by atoms with Crippen LogP contribution in [0, 0.1) is 5.82 Å². The fourth-order valence-corrected chi connectivity index (χ4v) is 4.12. The summed E-state index contributed by atoms with van der Waals surface area (Å²) in [5.41, 5.74) is 4.52. The second kappa shape index (κ2) is 7.32. The summed E-state index contributed by atoms with van der Waals surface area (Å²) in [6.07, 6.45) is 3.62. The second-order valence-corrected chi connectivity index (χ2v) is 7.71. The van der Waals surface area contributed by atoms with Crippen LogP contribution in [-0.2, 0) is 0 Å². The van der Waals surface area contributed by atoms with Crippen molar-refractivity contribution in [1.82, 2.24) is 14.6 Å². The van der Waals surface area contributed by atoms with Gasteiger partial charge in [-0.15, -0.1) is 0 Å². The molecule has 0 saturated carbocycles. The van der Waals surface area contributed by atoms with Crippen LogP contribution in [0.15, 0.2) is 66.7 Å². The van der Waals surface area contributed by atoms with Gasteiger partial charge in [0.15, 0.2) is 5.65 Å². The van der Waals surface area contributed by atoms with Gasteiger partial charge in [-0.25, -0.2) is 9.37 Å². The minimum atomic E-state index is -0.246. The van der Waals surface area contributed by atoms with E-state index in [1.165, 1.54) is 31.4 Å². The Morgan fingerprint density at radius 2 is 1.66 bits per heavy atom. The molecule has 3 heterocycles. The third-order valence-corrected chi connectivity index (χ3v) is 5.72. The molecule has 4 aromatic rings. The molecule has 5 heteroatoms. The zero-order valence-corrected chi connectivity index (χ0v) is 16.4. The lowest BCUT2D eigenvalue weighted by molar-refractivity contribution is 0.478. The van der Waals surface area contributed by atoms with Crippen molar-refractivity contribution in [3.05, 3.63) is 72.5 Å². The minimum absolute atomic E-state index is 0.246. The molecule has 146 valence electrons. The first-order valence-electron chi connectivity index (χ1n) is 10.2. The van der Waals surface area contributed by atoms with E-state index in [2.05, 4.69) is 30.0 Å². The molecule has 0 amide bonds. The molecule has 0 unspecified atom stereocenters. The van der Waals surface area contributed by atoms with Crippen molar-refractivity contribution in [2.24, 2.45) is 0 Å². The number of fused-ring (bicyclic) bond motifs is 1. The van der Waals surface area contributed by atoms with Gasteiger partial charge in [-0.3, -0.25) is 0 Å². The van der Waals surface area contributed by atoms with Crippen LogP contribution in [0.5, 0.6) is 0 Å². The Balaban J connectivity index is 1.69. The van der Waals surface area contributed by atoms with E-state index in [4.69, 9.17) is 10.1 Å². The van der Waals surface area contributed by atoms with Crippen LogP contribution in [0.1, 0.15) is 26.2 Å². The third kappa shape index (κ3) is 3.37. The summed E-state index contributed by atoms with van der Waals surface area (Å²) >= 11 is 0. The van der Waals surface area contributed by atoms with E-state index in [0.717, 1.165) is 40.5 Å². The molecule has 1 fully saturated rings. The van der Waals surface area contributed by atoms with Gasteiger partial charge in [-0.1, -0.05) is 30.3 Å². The van der Waals surface area contributed by atoms with Gasteiger partial charge in [0, 0.05) is 35.8 Å². The summed E-state index contributed by atoms with van der Waals surface area (Å²) in [6, 6.07) is 21.3. The number of aromatic nitrogens is 3. The second-order valence-electron chi connectivity index (χ2n) is 7.71. The maximum Gasteiger partial charge on any atom is 0.158 e. The van der Waals surface area contributed by atoms with E-state index in [1.807, 2.05) is 28.8 Å². The Kier molecular flexibility index (Phi) is 4.51. The smallest absolute Gasteiger partial charge is 0.158 e. The minimum Gasteiger partial charge on any atom is -0.354 e. The first-order chi connectivity index (χ1) is 14.2. The summed E-state index contributed by atoms with van der Waals surface area (Å²) in [5.74, 6) is 0.819. The molecule has 0 N–H and O–H groups in total. The molecule has 1 aliphatic heterocycles. The molecular formula is C24H23FN4. The van der Waals surface area contributed by atoms with Crippen LogP contribution < -0.4 is 4.90 Å². The van der Waals surface area contributed by atoms with Crippen LogP contribution in [0.25, 0.3) is 28.2 Å². The summed E-state index contributed by atoms with van der Waals surface area (Å²) in [6.45, 7) is 3.29. The zero-order valence-electron chi connectivity index (χ0n) is 16.4. The van der Waals surface area contributed by atoms with Crippen molar-refractivity contribution in [2.45, 2.75) is 32.2 Å². The molecule has 0 aliphatic carbocycles. The Morgan fingerprint density at radius 3 is 2.41 bits per heavy atom. The van der Waals surface area contributed by atoms with Crippen LogP contribution >= 0.6 is 0 Å². The molecule has 29 heavy (non-hydrogen) atoms. The van der Waals surface area contributed by atoms with Gasteiger partial charge in [-0.05, 0) is 50.5 Å². The summed E-state index contributed by atoms with van der Waals surface area (Å²) in [7, 11) is 0. The molecule has 2 aromatic carbocycles. The van der Waals surface area contributed by atoms with Crippen molar-refractivity contribution in [3.8, 4) is 22.5 Å². The van der Waals surface area contributed by atoms with Gasteiger partial charge in [0.1, 0.15) is 11.6 Å². The summed E-state index contributed by atoms with van der Waals surface area (Å²) < 4.78 is 15.3. The molecule has 0 bridgehead atoms. The quantitative estimate of drug-likeness (QED) is 0.461. The number of rotatable bonds is 3. The van der Waals surface area contributed by atoms with E-state index in [0.29, 0.717) is 6.04 Å². The average Bonchev–Trinajstić information content (AvgIpc) is 3.19. The summed E-state index contributed by atoms with van der Waals surface area (Å²) in [4.78, 5) is 7.33. The molecule has 0 spiro atoms. The predicted molar refractivity (Wildman–Crippen MR) is 114 cm³/mol. The van der Waals surface area contributed by atoms with Crippen molar-refractivity contribution < 1.29 is 4.39 Å². The molecule has 1 atom stereocenters. The van der Waals surface area contributed by atoms with Gasteiger partial charge >= 0.3 is 0 Å². The molecule has 1 aliphatic rings. The van der Waals surface area contributed by atoms with Crippen LogP contribution in [-0.4, -0.2) is 27.2 Å². The normalized spacial score (nSPS) is 17.0. The van der Waals surface area contributed by atoms with Crippen molar-refractivity contribution in [3.63, 3.8) is 0 Å². The lowest BCUT2D eigenvalue weighted by Crippen LogP contribution is -2.38. The molecule has 4 nitrogen and oxygen atoms in total. The van der Waals surface area contributed by atoms with Crippen LogP contribution in [0.3, 0.4) is 0 Å². The number of nitrogens with zero attached hydrogens (tertiary/aromatic N) is 4. The number of piperidine rings is 1. The standard InChI is InChI=1S/C24H23FN4/c1-17-7-5-6-14-28(17)24-16-21(18-8-3-2-4-9-18)26-23-15-22(27-29(23)24)19-10-12-20(25)13-11-19/h2-4,8-13,15-17H,5-7,14H2,1H3/t17-/m1/s1. The van der Waals surface area contributed by atoms with E-state index < -0.39 is 0 Å². The van der Waals surface area contributed by atoms with Gasteiger partial charge < -0.3 is 4.90 Å². The van der Waals surface area contributed by atoms with Gasteiger partial charge in [0.05, 0.1) is 11.4 Å². The van der Waals surface area contributed by atoms with E-state index in [9.17, 15) is 4.39 Å². The monoisotopic (exact) mass is 386 g/mol. The van der Waals surface area contributed by atoms with Gasteiger partial charge in [-0.2, -0.15) is 9.61 Å².